The van der Waals surface area contributed by atoms with E-state index in [1.807, 2.05) is 43.3 Å². The molecule has 1 N–H and O–H groups in total. The lowest BCUT2D eigenvalue weighted by atomic mass is 10.2. The van der Waals surface area contributed by atoms with Crippen molar-refractivity contribution in [2.75, 3.05) is 11.1 Å². The van der Waals surface area contributed by atoms with E-state index in [1.54, 1.807) is 12.1 Å². The lowest BCUT2D eigenvalue weighted by Gasteiger charge is -2.08. The van der Waals surface area contributed by atoms with Crippen LogP contribution in [0.4, 0.5) is 5.69 Å². The maximum atomic E-state index is 12.1. The Balaban J connectivity index is 1.59. The van der Waals surface area contributed by atoms with E-state index in [2.05, 4.69) is 15.5 Å². The van der Waals surface area contributed by atoms with Gasteiger partial charge in [-0.05, 0) is 36.8 Å². The number of nitrogens with zero attached hydrogens (tertiary/aromatic N) is 2. The van der Waals surface area contributed by atoms with E-state index in [9.17, 15) is 4.79 Å². The Hall–Kier alpha value is -2.31. The monoisotopic (exact) mass is 359 g/mol. The second kappa shape index (κ2) is 7.51. The fourth-order valence-electron chi connectivity index (χ4n) is 2.02. The number of amides is 1. The Morgan fingerprint density at radius 1 is 1.17 bits per heavy atom. The number of hydrogen-bond acceptors (Lipinski definition) is 5. The van der Waals surface area contributed by atoms with Crippen molar-refractivity contribution in [3.8, 4) is 11.5 Å². The van der Waals surface area contributed by atoms with Crippen molar-refractivity contribution < 1.29 is 9.21 Å². The summed E-state index contributed by atoms with van der Waals surface area (Å²) in [7, 11) is 0. The van der Waals surface area contributed by atoms with Crippen molar-refractivity contribution >= 4 is 35.0 Å². The molecule has 5 nitrogen and oxygen atoms in total. The second-order valence-corrected chi connectivity index (χ2v) is 6.32. The molecule has 122 valence electrons. The molecule has 0 spiro atoms. The molecule has 0 unspecified atom stereocenters. The molecule has 0 aliphatic heterocycles. The molecule has 24 heavy (non-hydrogen) atoms. The first-order valence-electron chi connectivity index (χ1n) is 7.20. The number of hydrogen-bond donors (Lipinski definition) is 1. The van der Waals surface area contributed by atoms with Crippen LogP contribution in [0.15, 0.2) is 58.2 Å². The average molecular weight is 360 g/mol. The van der Waals surface area contributed by atoms with E-state index in [0.717, 1.165) is 11.1 Å². The molecule has 2 aromatic carbocycles. The van der Waals surface area contributed by atoms with Gasteiger partial charge in [-0.1, -0.05) is 47.6 Å². The third-order valence-corrected chi connectivity index (χ3v) is 4.52. The topological polar surface area (TPSA) is 68.0 Å². The van der Waals surface area contributed by atoms with Gasteiger partial charge in [0.2, 0.25) is 11.8 Å². The summed E-state index contributed by atoms with van der Waals surface area (Å²) >= 11 is 7.23. The van der Waals surface area contributed by atoms with Crippen LogP contribution in [-0.4, -0.2) is 21.9 Å². The van der Waals surface area contributed by atoms with Crippen molar-refractivity contribution in [2.24, 2.45) is 0 Å². The zero-order valence-electron chi connectivity index (χ0n) is 12.8. The molecular formula is C17H14ClN3O2S. The first-order chi connectivity index (χ1) is 11.6. The number of halogens is 1. The predicted molar refractivity (Wildman–Crippen MR) is 95.3 cm³/mol. The molecule has 7 heteroatoms. The molecule has 0 aliphatic carbocycles. The van der Waals surface area contributed by atoms with Gasteiger partial charge < -0.3 is 9.73 Å². The number of carbonyl (C=O) groups is 1. The van der Waals surface area contributed by atoms with Crippen LogP contribution in [0.3, 0.4) is 0 Å². The minimum Gasteiger partial charge on any atom is -0.411 e. The van der Waals surface area contributed by atoms with Crippen LogP contribution in [0.1, 0.15) is 5.56 Å². The van der Waals surface area contributed by atoms with Gasteiger partial charge >= 0.3 is 0 Å². The van der Waals surface area contributed by atoms with E-state index < -0.39 is 0 Å². The van der Waals surface area contributed by atoms with Gasteiger partial charge in [0.1, 0.15) is 0 Å². The number of thioether (sulfide) groups is 1. The quantitative estimate of drug-likeness (QED) is 0.682. The standard InChI is InChI=1S/C17H14ClN3O2S/c1-11-13(18)8-5-9-14(11)19-15(22)10-24-17-21-20-16(23-17)12-6-3-2-4-7-12/h2-9H,10H2,1H3,(H,19,22). The Morgan fingerprint density at radius 3 is 2.75 bits per heavy atom. The van der Waals surface area contributed by atoms with E-state index in [1.165, 1.54) is 11.8 Å². The predicted octanol–water partition coefficient (Wildman–Crippen LogP) is 4.43. The van der Waals surface area contributed by atoms with Crippen molar-refractivity contribution in [2.45, 2.75) is 12.1 Å². The maximum Gasteiger partial charge on any atom is 0.277 e. The number of carbonyl (C=O) groups excluding carboxylic acids is 1. The average Bonchev–Trinajstić information content (AvgIpc) is 3.07. The highest BCUT2D eigenvalue weighted by Crippen LogP contribution is 2.25. The van der Waals surface area contributed by atoms with Crippen molar-refractivity contribution in [1.29, 1.82) is 0 Å². The first-order valence-corrected chi connectivity index (χ1v) is 8.56. The molecule has 1 amide bonds. The summed E-state index contributed by atoms with van der Waals surface area (Å²) in [6, 6.07) is 14.9. The molecule has 0 radical (unpaired) electrons. The van der Waals surface area contributed by atoms with Gasteiger partial charge in [-0.2, -0.15) is 0 Å². The summed E-state index contributed by atoms with van der Waals surface area (Å²) in [6.07, 6.45) is 0. The van der Waals surface area contributed by atoms with Crippen molar-refractivity contribution in [3.63, 3.8) is 0 Å². The van der Waals surface area contributed by atoms with Crippen molar-refractivity contribution in [3.05, 3.63) is 59.1 Å². The fourth-order valence-corrected chi connectivity index (χ4v) is 2.76. The molecule has 0 saturated heterocycles. The molecule has 0 bridgehead atoms. The SMILES string of the molecule is Cc1c(Cl)cccc1NC(=O)CSc1nnc(-c2ccccc2)o1. The summed E-state index contributed by atoms with van der Waals surface area (Å²) in [6.45, 7) is 1.86. The number of benzene rings is 2. The lowest BCUT2D eigenvalue weighted by Crippen LogP contribution is -2.14. The zero-order chi connectivity index (χ0) is 16.9. The number of aromatic nitrogens is 2. The van der Waals surface area contributed by atoms with Gasteiger partial charge in [0.25, 0.3) is 5.22 Å². The number of anilines is 1. The van der Waals surface area contributed by atoms with Gasteiger partial charge in [0.15, 0.2) is 0 Å². The summed E-state index contributed by atoms with van der Waals surface area (Å²) < 4.78 is 5.55. The molecule has 1 aromatic heterocycles. The Labute approximate surface area is 148 Å². The highest BCUT2D eigenvalue weighted by Gasteiger charge is 2.12. The van der Waals surface area contributed by atoms with Crippen LogP contribution in [0.25, 0.3) is 11.5 Å². The normalized spacial score (nSPS) is 10.6. The fraction of sp³-hybridized carbons (Fsp3) is 0.118. The Bertz CT molecular complexity index is 852. The van der Waals surface area contributed by atoms with Crippen LogP contribution < -0.4 is 5.32 Å². The number of rotatable bonds is 5. The van der Waals surface area contributed by atoms with E-state index in [-0.39, 0.29) is 11.7 Å². The minimum absolute atomic E-state index is 0.162. The van der Waals surface area contributed by atoms with Gasteiger partial charge in [0, 0.05) is 16.3 Å². The molecule has 0 atom stereocenters. The van der Waals surface area contributed by atoms with Crippen molar-refractivity contribution in [1.82, 2.24) is 10.2 Å². The first kappa shape index (κ1) is 16.5. The third kappa shape index (κ3) is 3.96. The van der Waals surface area contributed by atoms with Crippen LogP contribution >= 0.6 is 23.4 Å². The molecule has 3 rings (SSSR count). The molecule has 1 heterocycles. The van der Waals surface area contributed by atoms with Crippen LogP contribution in [0.5, 0.6) is 0 Å². The molecule has 0 saturated carbocycles. The second-order valence-electron chi connectivity index (χ2n) is 4.99. The minimum atomic E-state index is -0.162. The largest absolute Gasteiger partial charge is 0.411 e. The van der Waals surface area contributed by atoms with Gasteiger partial charge in [-0.25, -0.2) is 0 Å². The smallest absolute Gasteiger partial charge is 0.277 e. The highest BCUT2D eigenvalue weighted by atomic mass is 35.5. The lowest BCUT2D eigenvalue weighted by molar-refractivity contribution is -0.113. The summed E-state index contributed by atoms with van der Waals surface area (Å²) in [4.78, 5) is 12.1. The van der Waals surface area contributed by atoms with E-state index in [0.29, 0.717) is 21.8 Å². The summed E-state index contributed by atoms with van der Waals surface area (Å²) in [5.74, 6) is 0.441. The summed E-state index contributed by atoms with van der Waals surface area (Å²) in [5, 5.41) is 11.7. The molecule has 3 aromatic rings. The van der Waals surface area contributed by atoms with Gasteiger partial charge in [0.05, 0.1) is 5.75 Å². The zero-order valence-corrected chi connectivity index (χ0v) is 14.4. The van der Waals surface area contributed by atoms with Gasteiger partial charge in [-0.15, -0.1) is 10.2 Å². The highest BCUT2D eigenvalue weighted by molar-refractivity contribution is 7.99. The molecule has 0 fully saturated rings. The Kier molecular flexibility index (Phi) is 5.17. The van der Waals surface area contributed by atoms with Crippen LogP contribution in [0.2, 0.25) is 5.02 Å². The Morgan fingerprint density at radius 2 is 1.96 bits per heavy atom. The number of nitrogens with one attached hydrogen (secondary N) is 1. The third-order valence-electron chi connectivity index (χ3n) is 3.30. The van der Waals surface area contributed by atoms with E-state index >= 15 is 0 Å². The van der Waals surface area contributed by atoms with Crippen LogP contribution in [0, 0.1) is 6.92 Å². The van der Waals surface area contributed by atoms with Crippen LogP contribution in [-0.2, 0) is 4.79 Å². The van der Waals surface area contributed by atoms with Gasteiger partial charge in [-0.3, -0.25) is 4.79 Å². The van der Waals surface area contributed by atoms with E-state index in [4.69, 9.17) is 16.0 Å². The molecular weight excluding hydrogens is 346 g/mol. The maximum absolute atomic E-state index is 12.1. The molecule has 0 aliphatic rings. The summed E-state index contributed by atoms with van der Waals surface area (Å²) in [5.41, 5.74) is 2.38.